The van der Waals surface area contributed by atoms with Crippen LogP contribution in [-0.2, 0) is 33.7 Å². The predicted octanol–water partition coefficient (Wildman–Crippen LogP) is 4.79. The zero-order valence-corrected chi connectivity index (χ0v) is 19.3. The minimum absolute atomic E-state index is 0.0863. The predicted molar refractivity (Wildman–Crippen MR) is 127 cm³/mol. The highest BCUT2D eigenvalue weighted by atomic mass is 16.6. The van der Waals surface area contributed by atoms with E-state index < -0.39 is 6.09 Å². The van der Waals surface area contributed by atoms with Crippen LogP contribution in [-0.4, -0.2) is 35.5 Å². The Morgan fingerprint density at radius 3 is 2.35 bits per heavy atom. The highest BCUT2D eigenvalue weighted by molar-refractivity contribution is 5.94. The molecular weight excluding hydrogens is 430 g/mol. The number of imide groups is 1. The molecule has 1 saturated heterocycles. The van der Waals surface area contributed by atoms with Crippen LogP contribution < -0.4 is 0 Å². The average Bonchev–Trinajstić information content (AvgIpc) is 3.19. The maximum Gasteiger partial charge on any atom is 0.416 e. The lowest BCUT2D eigenvalue weighted by Gasteiger charge is -2.19. The minimum Gasteiger partial charge on any atom is -0.457 e. The van der Waals surface area contributed by atoms with Crippen molar-refractivity contribution in [1.82, 2.24) is 4.90 Å². The third kappa shape index (κ3) is 5.52. The summed E-state index contributed by atoms with van der Waals surface area (Å²) in [4.78, 5) is 38.7. The smallest absolute Gasteiger partial charge is 0.416 e. The van der Waals surface area contributed by atoms with Gasteiger partial charge in [0.05, 0.1) is 18.0 Å². The van der Waals surface area contributed by atoms with Gasteiger partial charge in [0.15, 0.2) is 0 Å². The van der Waals surface area contributed by atoms with Crippen molar-refractivity contribution < 1.29 is 23.9 Å². The van der Waals surface area contributed by atoms with E-state index in [9.17, 15) is 14.4 Å². The summed E-state index contributed by atoms with van der Waals surface area (Å²) in [7, 11) is 0. The van der Waals surface area contributed by atoms with E-state index in [1.165, 1.54) is 4.90 Å². The van der Waals surface area contributed by atoms with Crippen LogP contribution >= 0.6 is 0 Å². The van der Waals surface area contributed by atoms with E-state index in [-0.39, 0.29) is 37.6 Å². The van der Waals surface area contributed by atoms with Gasteiger partial charge in [-0.3, -0.25) is 4.79 Å². The zero-order valence-electron chi connectivity index (χ0n) is 19.3. The van der Waals surface area contributed by atoms with Crippen LogP contribution in [0.5, 0.6) is 0 Å². The quantitative estimate of drug-likeness (QED) is 0.477. The number of aryl methyl sites for hydroxylation is 2. The second-order valence-electron chi connectivity index (χ2n) is 8.57. The van der Waals surface area contributed by atoms with Crippen molar-refractivity contribution >= 4 is 18.0 Å². The summed E-state index contributed by atoms with van der Waals surface area (Å²) in [5.41, 5.74) is 5.15. The van der Waals surface area contributed by atoms with Gasteiger partial charge in [-0.1, -0.05) is 72.3 Å². The summed E-state index contributed by atoms with van der Waals surface area (Å²) >= 11 is 0. The molecule has 6 nitrogen and oxygen atoms in total. The molecule has 174 valence electrons. The normalized spacial score (nSPS) is 15.2. The molecule has 0 spiro atoms. The number of hydrogen-bond donors (Lipinski definition) is 0. The summed E-state index contributed by atoms with van der Waals surface area (Å²) in [6, 6.07) is 22.3. The number of rotatable bonds is 7. The number of amides is 2. The second kappa shape index (κ2) is 10.3. The standard InChI is InChI=1S/C28H27NO5/c1-19-8-13-25(20(2)14-19)27(31)33-17-23-11-9-22(10-12-23)16-26(30)29-24(18-34-28(29)32)15-21-6-4-3-5-7-21/h3-14,24H,15-18H2,1-2H3/t24-/m0/s1. The molecular formula is C28H27NO5. The number of nitrogens with zero attached hydrogens (tertiary/aromatic N) is 1. The van der Waals surface area contributed by atoms with E-state index in [2.05, 4.69) is 0 Å². The lowest BCUT2D eigenvalue weighted by Crippen LogP contribution is -2.41. The van der Waals surface area contributed by atoms with Crippen LogP contribution in [0.3, 0.4) is 0 Å². The van der Waals surface area contributed by atoms with Crippen molar-refractivity contribution in [2.24, 2.45) is 0 Å². The first-order chi connectivity index (χ1) is 16.4. The van der Waals surface area contributed by atoms with Gasteiger partial charge in [0, 0.05) is 0 Å². The van der Waals surface area contributed by atoms with E-state index >= 15 is 0 Å². The van der Waals surface area contributed by atoms with E-state index in [0.717, 1.165) is 27.8 Å². The maximum atomic E-state index is 12.9. The molecule has 3 aromatic carbocycles. The second-order valence-corrected chi connectivity index (χ2v) is 8.57. The van der Waals surface area contributed by atoms with Gasteiger partial charge in [-0.05, 0) is 48.6 Å². The van der Waals surface area contributed by atoms with Crippen molar-refractivity contribution in [1.29, 1.82) is 0 Å². The molecule has 2 amide bonds. The van der Waals surface area contributed by atoms with Gasteiger partial charge in [-0.15, -0.1) is 0 Å². The lowest BCUT2D eigenvalue weighted by atomic mass is 10.0. The van der Waals surface area contributed by atoms with Crippen LogP contribution in [0.2, 0.25) is 0 Å². The van der Waals surface area contributed by atoms with Gasteiger partial charge in [0.1, 0.15) is 13.2 Å². The zero-order chi connectivity index (χ0) is 24.1. The third-order valence-corrected chi connectivity index (χ3v) is 5.89. The van der Waals surface area contributed by atoms with E-state index in [4.69, 9.17) is 9.47 Å². The van der Waals surface area contributed by atoms with Crippen molar-refractivity contribution in [2.75, 3.05) is 6.61 Å². The van der Waals surface area contributed by atoms with Crippen LogP contribution in [0.25, 0.3) is 0 Å². The number of carbonyl (C=O) groups excluding carboxylic acids is 3. The molecule has 0 N–H and O–H groups in total. The molecule has 34 heavy (non-hydrogen) atoms. The SMILES string of the molecule is Cc1ccc(C(=O)OCc2ccc(CC(=O)N3C(=O)OC[C@@H]3Cc3ccccc3)cc2)c(C)c1. The molecule has 1 aliphatic rings. The Bertz CT molecular complexity index is 1190. The van der Waals surface area contributed by atoms with Crippen LogP contribution in [0.15, 0.2) is 72.8 Å². The fourth-order valence-corrected chi connectivity index (χ4v) is 4.08. The van der Waals surface area contributed by atoms with E-state index in [1.807, 2.05) is 80.6 Å². The van der Waals surface area contributed by atoms with Crippen molar-refractivity contribution in [2.45, 2.75) is 39.3 Å². The van der Waals surface area contributed by atoms with Gasteiger partial charge in [0.2, 0.25) is 5.91 Å². The summed E-state index contributed by atoms with van der Waals surface area (Å²) in [5.74, 6) is -0.661. The number of hydrogen-bond acceptors (Lipinski definition) is 5. The highest BCUT2D eigenvalue weighted by Crippen LogP contribution is 2.19. The van der Waals surface area contributed by atoms with Crippen molar-refractivity contribution in [3.05, 3.63) is 106 Å². The summed E-state index contributed by atoms with van der Waals surface area (Å²) in [6.07, 6.45) is 0.0485. The summed E-state index contributed by atoms with van der Waals surface area (Å²) in [6.45, 7) is 4.20. The first kappa shape index (κ1) is 23.2. The Morgan fingerprint density at radius 1 is 0.941 bits per heavy atom. The molecule has 0 aromatic heterocycles. The van der Waals surface area contributed by atoms with Gasteiger partial charge in [-0.25, -0.2) is 14.5 Å². The molecule has 0 aliphatic carbocycles. The first-order valence-corrected chi connectivity index (χ1v) is 11.3. The number of carbonyl (C=O) groups is 3. The maximum absolute atomic E-state index is 12.9. The third-order valence-electron chi connectivity index (χ3n) is 5.89. The molecule has 0 unspecified atom stereocenters. The van der Waals surface area contributed by atoms with Gasteiger partial charge >= 0.3 is 12.1 Å². The molecule has 6 heteroatoms. The highest BCUT2D eigenvalue weighted by Gasteiger charge is 2.37. The molecule has 0 bridgehead atoms. The number of ether oxygens (including phenoxy) is 2. The lowest BCUT2D eigenvalue weighted by molar-refractivity contribution is -0.128. The van der Waals surface area contributed by atoms with Crippen LogP contribution in [0, 0.1) is 13.8 Å². The largest absolute Gasteiger partial charge is 0.457 e. The Morgan fingerprint density at radius 2 is 1.65 bits per heavy atom. The topological polar surface area (TPSA) is 72.9 Å². The Labute approximate surface area is 199 Å². The van der Waals surface area contributed by atoms with Crippen molar-refractivity contribution in [3.8, 4) is 0 Å². The molecule has 1 aliphatic heterocycles. The van der Waals surface area contributed by atoms with Crippen molar-refractivity contribution in [3.63, 3.8) is 0 Å². The molecule has 0 saturated carbocycles. The first-order valence-electron chi connectivity index (χ1n) is 11.3. The summed E-state index contributed by atoms with van der Waals surface area (Å²) in [5, 5.41) is 0. The Balaban J connectivity index is 1.34. The van der Waals surface area contributed by atoms with Crippen LogP contribution in [0.1, 0.15) is 38.2 Å². The van der Waals surface area contributed by atoms with Crippen LogP contribution in [0.4, 0.5) is 4.79 Å². The Hall–Kier alpha value is -3.93. The number of benzene rings is 3. The van der Waals surface area contributed by atoms with Gasteiger partial charge < -0.3 is 9.47 Å². The number of esters is 1. The fraction of sp³-hybridized carbons (Fsp3) is 0.250. The fourth-order valence-electron chi connectivity index (χ4n) is 4.08. The molecule has 1 heterocycles. The Kier molecular flexibility index (Phi) is 7.07. The van der Waals surface area contributed by atoms with E-state index in [1.54, 1.807) is 6.07 Å². The summed E-state index contributed by atoms with van der Waals surface area (Å²) < 4.78 is 10.6. The monoisotopic (exact) mass is 457 g/mol. The molecule has 3 aromatic rings. The number of cyclic esters (lactones) is 1. The molecule has 1 atom stereocenters. The average molecular weight is 458 g/mol. The molecule has 1 fully saturated rings. The minimum atomic E-state index is -0.596. The molecule has 4 rings (SSSR count). The van der Waals surface area contributed by atoms with Gasteiger partial charge in [0.25, 0.3) is 0 Å². The van der Waals surface area contributed by atoms with E-state index in [0.29, 0.717) is 12.0 Å². The molecule has 0 radical (unpaired) electrons. The van der Waals surface area contributed by atoms with Gasteiger partial charge in [-0.2, -0.15) is 0 Å².